The van der Waals surface area contributed by atoms with Crippen LogP contribution in [0.5, 0.6) is 0 Å². The summed E-state index contributed by atoms with van der Waals surface area (Å²) in [7, 11) is -3.70. The fraction of sp³-hybridized carbons (Fsp3) is 0.409. The number of rotatable bonds is 6. The first-order valence-electron chi connectivity index (χ1n) is 17.9. The van der Waals surface area contributed by atoms with E-state index in [1.165, 1.54) is 79.9 Å². The van der Waals surface area contributed by atoms with Gasteiger partial charge in [0, 0.05) is 11.1 Å². The van der Waals surface area contributed by atoms with Gasteiger partial charge in [-0.05, 0) is 101 Å². The quantitative estimate of drug-likeness (QED) is 0.0990. The van der Waals surface area contributed by atoms with Crippen LogP contribution in [0, 0.1) is 22.9 Å². The summed E-state index contributed by atoms with van der Waals surface area (Å²) in [5.41, 5.74) is 15.0. The first kappa shape index (κ1) is 31.3. The Morgan fingerprint density at radius 3 is 0.935 bits per heavy atom. The zero-order chi connectivity index (χ0) is 32.4. The summed E-state index contributed by atoms with van der Waals surface area (Å²) < 4.78 is 0. The van der Waals surface area contributed by atoms with Gasteiger partial charge in [0.05, 0.1) is 0 Å². The van der Waals surface area contributed by atoms with Crippen LogP contribution in [-0.4, -0.2) is 16.1 Å². The molecule has 0 nitrogen and oxygen atoms in total. The van der Waals surface area contributed by atoms with E-state index in [0.717, 1.165) is 11.1 Å². The van der Waals surface area contributed by atoms with Gasteiger partial charge in [0.25, 0.3) is 0 Å². The predicted molar refractivity (Wildman–Crippen MR) is 208 cm³/mol. The molecule has 0 atom stereocenters. The standard InChI is InChI=1S/C44H50Si2/c1-29(2)45(30(3)4,37-17-18-37)23-21-39-41-25-33-13-9-11-15-35(33)27-43(41)40(22-24-46(31(5)6,32(7)8)38-19-20-38)44-28-36-16-12-10-14-34(36)26-42(39)44/h9-16,25-32,37-38H,17-20H2,1-8H3. The topological polar surface area (TPSA) is 0 Å². The first-order valence-corrected chi connectivity index (χ1v) is 22.4. The highest BCUT2D eigenvalue weighted by molar-refractivity contribution is 6.92. The van der Waals surface area contributed by atoms with Gasteiger partial charge >= 0.3 is 0 Å². The van der Waals surface area contributed by atoms with Gasteiger partial charge in [0.15, 0.2) is 0 Å². The Morgan fingerprint density at radius 1 is 0.457 bits per heavy atom. The fourth-order valence-corrected chi connectivity index (χ4v) is 20.3. The Labute approximate surface area is 279 Å². The molecule has 46 heavy (non-hydrogen) atoms. The van der Waals surface area contributed by atoms with E-state index in [2.05, 4.69) is 151 Å². The van der Waals surface area contributed by atoms with Crippen LogP contribution in [-0.2, 0) is 0 Å². The largest absolute Gasteiger partial charge is 0.147 e. The summed E-state index contributed by atoms with van der Waals surface area (Å²) in [6, 6.07) is 27.4. The number of benzene rings is 5. The summed E-state index contributed by atoms with van der Waals surface area (Å²) >= 11 is 0. The van der Waals surface area contributed by atoms with Gasteiger partial charge in [0.1, 0.15) is 16.1 Å². The van der Waals surface area contributed by atoms with E-state index >= 15 is 0 Å². The van der Waals surface area contributed by atoms with Gasteiger partial charge < -0.3 is 0 Å². The van der Waals surface area contributed by atoms with Crippen molar-refractivity contribution in [1.82, 2.24) is 0 Å². The lowest BCUT2D eigenvalue weighted by Crippen LogP contribution is -2.40. The smallest absolute Gasteiger partial charge is 0.125 e. The number of hydrogen-bond donors (Lipinski definition) is 0. The molecule has 0 spiro atoms. The molecular formula is C44H50Si2. The molecule has 0 unspecified atom stereocenters. The second-order valence-electron chi connectivity index (χ2n) is 15.8. The third-order valence-corrected chi connectivity index (χ3v) is 24.6. The minimum absolute atomic E-state index is 0.643. The summed E-state index contributed by atoms with van der Waals surface area (Å²) in [6.45, 7) is 19.6. The van der Waals surface area contributed by atoms with Crippen molar-refractivity contribution in [3.63, 3.8) is 0 Å². The molecule has 0 heterocycles. The molecule has 7 rings (SSSR count). The molecule has 0 bridgehead atoms. The van der Waals surface area contributed by atoms with Gasteiger partial charge in [-0.15, -0.1) is 11.1 Å². The SMILES string of the molecule is CC(C)[Si](C#Cc1c2cc3ccccc3cc2c(C#C[Si](C(C)C)(C(C)C)C2CC2)c2cc3ccccc3cc12)(C(C)C)C1CC1. The van der Waals surface area contributed by atoms with Crippen molar-refractivity contribution in [2.45, 2.75) is 114 Å². The molecule has 2 aliphatic rings. The van der Waals surface area contributed by atoms with Crippen LogP contribution in [0.3, 0.4) is 0 Å². The van der Waals surface area contributed by atoms with Gasteiger partial charge in [-0.1, -0.05) is 141 Å². The maximum absolute atomic E-state index is 4.18. The van der Waals surface area contributed by atoms with Crippen molar-refractivity contribution >= 4 is 59.2 Å². The van der Waals surface area contributed by atoms with Crippen molar-refractivity contribution in [1.29, 1.82) is 0 Å². The van der Waals surface area contributed by atoms with Crippen LogP contribution in [0.4, 0.5) is 0 Å². The molecule has 5 aromatic rings. The van der Waals surface area contributed by atoms with Crippen LogP contribution in [0.15, 0.2) is 72.8 Å². The van der Waals surface area contributed by atoms with Crippen LogP contribution in [0.1, 0.15) is 92.2 Å². The minimum atomic E-state index is -1.85. The Balaban J connectivity index is 1.62. The highest BCUT2D eigenvalue weighted by atomic mass is 28.3. The molecule has 0 aliphatic heterocycles. The van der Waals surface area contributed by atoms with Crippen molar-refractivity contribution in [2.24, 2.45) is 0 Å². The van der Waals surface area contributed by atoms with Gasteiger partial charge in [-0.2, -0.15) is 0 Å². The summed E-state index contributed by atoms with van der Waals surface area (Å²) in [5, 5.41) is 10.2. The fourth-order valence-electron chi connectivity index (χ4n) is 9.33. The van der Waals surface area contributed by atoms with Gasteiger partial charge in [-0.25, -0.2) is 0 Å². The Morgan fingerprint density at radius 2 is 0.717 bits per heavy atom. The molecule has 0 aromatic heterocycles. The average Bonchev–Trinajstić information content (AvgIpc) is 3.95. The highest BCUT2D eigenvalue weighted by Gasteiger charge is 2.52. The van der Waals surface area contributed by atoms with E-state index < -0.39 is 16.1 Å². The van der Waals surface area contributed by atoms with Crippen molar-refractivity contribution in [3.8, 4) is 22.9 Å². The first-order chi connectivity index (χ1) is 22.1. The highest BCUT2D eigenvalue weighted by Crippen LogP contribution is 2.55. The van der Waals surface area contributed by atoms with Crippen molar-refractivity contribution in [2.75, 3.05) is 0 Å². The lowest BCUT2D eigenvalue weighted by Gasteiger charge is -2.34. The van der Waals surface area contributed by atoms with Crippen molar-refractivity contribution in [3.05, 3.63) is 83.9 Å². The predicted octanol–water partition coefficient (Wildman–Crippen LogP) is 12.9. The molecule has 0 saturated heterocycles. The lowest BCUT2D eigenvalue weighted by atomic mass is 9.89. The normalized spacial score (nSPS) is 15.7. The van der Waals surface area contributed by atoms with E-state index in [9.17, 15) is 0 Å². The molecule has 2 saturated carbocycles. The molecule has 0 amide bonds. The zero-order valence-electron chi connectivity index (χ0n) is 29.2. The van der Waals surface area contributed by atoms with E-state index in [1.807, 2.05) is 0 Å². The molecule has 2 fully saturated rings. The van der Waals surface area contributed by atoms with Crippen LogP contribution in [0.2, 0.25) is 33.2 Å². The molecule has 0 N–H and O–H groups in total. The van der Waals surface area contributed by atoms with Gasteiger partial charge in [-0.3, -0.25) is 0 Å². The second-order valence-corrected chi connectivity index (χ2v) is 26.3. The number of hydrogen-bond acceptors (Lipinski definition) is 0. The Kier molecular flexibility index (Phi) is 7.99. The average molecular weight is 635 g/mol. The van der Waals surface area contributed by atoms with E-state index in [1.54, 1.807) is 0 Å². The number of fused-ring (bicyclic) bond motifs is 4. The monoisotopic (exact) mass is 634 g/mol. The van der Waals surface area contributed by atoms with Crippen LogP contribution in [0.25, 0.3) is 43.1 Å². The maximum Gasteiger partial charge on any atom is 0.147 e. The Hall–Kier alpha value is -3.31. The molecule has 0 radical (unpaired) electrons. The van der Waals surface area contributed by atoms with E-state index in [-0.39, 0.29) is 0 Å². The Bertz CT molecular complexity index is 1820. The summed E-state index contributed by atoms with van der Waals surface area (Å²) in [5.74, 6) is 8.04. The van der Waals surface area contributed by atoms with E-state index in [4.69, 9.17) is 0 Å². The third kappa shape index (κ3) is 5.05. The van der Waals surface area contributed by atoms with Crippen molar-refractivity contribution < 1.29 is 0 Å². The van der Waals surface area contributed by atoms with Crippen LogP contribution < -0.4 is 0 Å². The zero-order valence-corrected chi connectivity index (χ0v) is 31.2. The summed E-state index contributed by atoms with van der Waals surface area (Å²) in [6.07, 6.45) is 5.45. The lowest BCUT2D eigenvalue weighted by molar-refractivity contribution is 0.891. The molecule has 2 heteroatoms. The summed E-state index contributed by atoms with van der Waals surface area (Å²) in [4.78, 5) is 0. The van der Waals surface area contributed by atoms with Gasteiger partial charge in [0.2, 0.25) is 0 Å². The minimum Gasteiger partial charge on any atom is -0.125 e. The maximum atomic E-state index is 4.18. The molecular weight excluding hydrogens is 585 g/mol. The molecule has 5 aromatic carbocycles. The van der Waals surface area contributed by atoms with Crippen LogP contribution >= 0.6 is 0 Å². The second kappa shape index (κ2) is 11.7. The molecule has 2 aliphatic carbocycles. The van der Waals surface area contributed by atoms with E-state index in [0.29, 0.717) is 22.2 Å². The molecule has 234 valence electrons. The third-order valence-electron chi connectivity index (χ3n) is 12.0.